The van der Waals surface area contributed by atoms with Crippen molar-refractivity contribution in [3.05, 3.63) is 29.8 Å². The largest absolute Gasteiger partial charge is 0.350 e. The number of anilines is 1. The second-order valence-corrected chi connectivity index (χ2v) is 7.63. The van der Waals surface area contributed by atoms with Crippen molar-refractivity contribution in [1.29, 1.82) is 0 Å². The summed E-state index contributed by atoms with van der Waals surface area (Å²) in [5.74, 6) is 0.648. The van der Waals surface area contributed by atoms with E-state index in [9.17, 15) is 9.59 Å². The fourth-order valence-corrected chi connectivity index (χ4v) is 3.23. The molecular formula is C20H32N4O2. The van der Waals surface area contributed by atoms with E-state index in [1.807, 2.05) is 13.8 Å². The van der Waals surface area contributed by atoms with Gasteiger partial charge in [-0.25, -0.2) is 4.79 Å². The Morgan fingerprint density at radius 2 is 1.88 bits per heavy atom. The van der Waals surface area contributed by atoms with Crippen LogP contribution in [0.1, 0.15) is 50.9 Å². The summed E-state index contributed by atoms with van der Waals surface area (Å²) in [5.41, 5.74) is 1.26. The molecule has 0 bridgehead atoms. The van der Waals surface area contributed by atoms with E-state index < -0.39 is 0 Å². The van der Waals surface area contributed by atoms with Crippen LogP contribution in [0.2, 0.25) is 0 Å². The molecule has 1 aromatic carbocycles. The van der Waals surface area contributed by atoms with Crippen molar-refractivity contribution < 1.29 is 9.59 Å². The van der Waals surface area contributed by atoms with Crippen molar-refractivity contribution in [3.8, 4) is 0 Å². The first-order chi connectivity index (χ1) is 12.3. The van der Waals surface area contributed by atoms with E-state index in [4.69, 9.17) is 0 Å². The van der Waals surface area contributed by atoms with Gasteiger partial charge >= 0.3 is 6.03 Å². The number of carbonyl (C=O) groups excluding carboxylic acids is 2. The van der Waals surface area contributed by atoms with Crippen molar-refractivity contribution >= 4 is 17.6 Å². The number of hydrogen-bond donors (Lipinski definition) is 3. The second-order valence-electron chi connectivity index (χ2n) is 7.63. The first kappa shape index (κ1) is 20.2. The highest BCUT2D eigenvalue weighted by Crippen LogP contribution is 2.17. The number of benzene rings is 1. The van der Waals surface area contributed by atoms with E-state index in [0.717, 1.165) is 19.0 Å². The molecular weight excluding hydrogens is 328 g/mol. The average molecular weight is 361 g/mol. The number of likely N-dealkylation sites (tertiary alicyclic amines) is 1. The number of urea groups is 1. The minimum absolute atomic E-state index is 0.0740. The van der Waals surface area contributed by atoms with Gasteiger partial charge in [-0.1, -0.05) is 6.92 Å². The summed E-state index contributed by atoms with van der Waals surface area (Å²) in [4.78, 5) is 26.5. The third kappa shape index (κ3) is 6.33. The molecule has 1 aromatic rings. The fraction of sp³-hybridized carbons (Fsp3) is 0.600. The molecule has 2 rings (SSSR count). The number of nitrogens with zero attached hydrogens (tertiary/aromatic N) is 1. The topological polar surface area (TPSA) is 73.5 Å². The van der Waals surface area contributed by atoms with Crippen LogP contribution in [0.4, 0.5) is 10.5 Å². The van der Waals surface area contributed by atoms with Gasteiger partial charge in [-0.05, 0) is 70.3 Å². The molecule has 0 spiro atoms. The van der Waals surface area contributed by atoms with Crippen LogP contribution in [0.25, 0.3) is 0 Å². The lowest BCUT2D eigenvalue weighted by Crippen LogP contribution is -2.46. The summed E-state index contributed by atoms with van der Waals surface area (Å²) in [7, 11) is 0. The number of hydrogen-bond acceptors (Lipinski definition) is 3. The van der Waals surface area contributed by atoms with E-state index in [0.29, 0.717) is 23.8 Å². The van der Waals surface area contributed by atoms with Crippen LogP contribution in [-0.4, -0.2) is 48.6 Å². The van der Waals surface area contributed by atoms with Crippen LogP contribution >= 0.6 is 0 Å². The van der Waals surface area contributed by atoms with Gasteiger partial charge in [-0.15, -0.1) is 0 Å². The van der Waals surface area contributed by atoms with E-state index in [1.54, 1.807) is 24.3 Å². The van der Waals surface area contributed by atoms with E-state index in [2.05, 4.69) is 34.7 Å². The number of rotatable bonds is 6. The summed E-state index contributed by atoms with van der Waals surface area (Å²) in [5, 5.41) is 8.53. The van der Waals surface area contributed by atoms with Crippen molar-refractivity contribution in [2.45, 2.75) is 52.6 Å². The molecule has 3 amide bonds. The second kappa shape index (κ2) is 9.57. The third-order valence-electron chi connectivity index (χ3n) is 4.69. The van der Waals surface area contributed by atoms with Crippen LogP contribution in [0.5, 0.6) is 0 Å². The Labute approximate surface area is 156 Å². The van der Waals surface area contributed by atoms with Crippen LogP contribution in [0.3, 0.4) is 0 Å². The third-order valence-corrected chi connectivity index (χ3v) is 4.69. The van der Waals surface area contributed by atoms with Gasteiger partial charge in [0.2, 0.25) is 0 Å². The Morgan fingerprint density at radius 3 is 2.50 bits per heavy atom. The first-order valence-electron chi connectivity index (χ1n) is 9.55. The van der Waals surface area contributed by atoms with Crippen molar-refractivity contribution in [3.63, 3.8) is 0 Å². The molecule has 0 aromatic heterocycles. The summed E-state index contributed by atoms with van der Waals surface area (Å²) >= 11 is 0. The quantitative estimate of drug-likeness (QED) is 0.730. The molecule has 26 heavy (non-hydrogen) atoms. The molecule has 2 unspecified atom stereocenters. The van der Waals surface area contributed by atoms with Crippen molar-refractivity contribution in [2.24, 2.45) is 5.92 Å². The Bertz CT molecular complexity index is 600. The molecule has 144 valence electrons. The molecule has 0 radical (unpaired) electrons. The molecule has 1 fully saturated rings. The Kier molecular flexibility index (Phi) is 7.45. The predicted octanol–water partition coefficient (Wildman–Crippen LogP) is 3.07. The molecule has 1 saturated heterocycles. The van der Waals surface area contributed by atoms with Crippen molar-refractivity contribution in [1.82, 2.24) is 15.5 Å². The zero-order chi connectivity index (χ0) is 19.1. The minimum atomic E-state index is -0.248. The van der Waals surface area contributed by atoms with Gasteiger partial charge in [0.05, 0.1) is 0 Å². The lowest BCUT2D eigenvalue weighted by Gasteiger charge is -2.35. The molecule has 1 aliphatic heterocycles. The van der Waals surface area contributed by atoms with E-state index in [-0.39, 0.29) is 18.0 Å². The molecule has 6 nitrogen and oxygen atoms in total. The smallest absolute Gasteiger partial charge is 0.319 e. The van der Waals surface area contributed by atoms with Gasteiger partial charge in [-0.2, -0.15) is 0 Å². The number of amides is 3. The van der Waals surface area contributed by atoms with Crippen LogP contribution in [0.15, 0.2) is 24.3 Å². The lowest BCUT2D eigenvalue weighted by atomic mass is 9.99. The molecule has 3 N–H and O–H groups in total. The SMILES string of the molecule is CC1CCCN(C(C)CNC(=O)c2ccc(NC(=O)NC(C)C)cc2)C1. The summed E-state index contributed by atoms with van der Waals surface area (Å²) < 4.78 is 0. The van der Waals surface area contributed by atoms with Crippen LogP contribution < -0.4 is 16.0 Å². The Morgan fingerprint density at radius 1 is 1.19 bits per heavy atom. The first-order valence-corrected chi connectivity index (χ1v) is 9.55. The average Bonchev–Trinajstić information content (AvgIpc) is 2.59. The minimum Gasteiger partial charge on any atom is -0.350 e. The molecule has 0 saturated carbocycles. The zero-order valence-corrected chi connectivity index (χ0v) is 16.3. The van der Waals surface area contributed by atoms with Gasteiger partial charge in [0, 0.05) is 36.4 Å². The maximum atomic E-state index is 12.3. The van der Waals surface area contributed by atoms with Crippen LogP contribution in [-0.2, 0) is 0 Å². The molecule has 6 heteroatoms. The van der Waals surface area contributed by atoms with Gasteiger partial charge < -0.3 is 16.0 Å². The summed E-state index contributed by atoms with van der Waals surface area (Å²) in [6.45, 7) is 11.1. The Hall–Kier alpha value is -2.08. The molecule has 2 atom stereocenters. The number of carbonyl (C=O) groups is 2. The highest BCUT2D eigenvalue weighted by atomic mass is 16.2. The maximum Gasteiger partial charge on any atom is 0.319 e. The van der Waals surface area contributed by atoms with Crippen molar-refractivity contribution in [2.75, 3.05) is 25.0 Å². The highest BCUT2D eigenvalue weighted by Gasteiger charge is 2.21. The maximum absolute atomic E-state index is 12.3. The lowest BCUT2D eigenvalue weighted by molar-refractivity contribution is 0.0917. The normalized spacial score (nSPS) is 19.0. The molecule has 1 heterocycles. The highest BCUT2D eigenvalue weighted by molar-refractivity contribution is 5.95. The summed E-state index contributed by atoms with van der Waals surface area (Å²) in [6, 6.07) is 7.10. The Balaban J connectivity index is 1.81. The number of piperidine rings is 1. The molecule has 0 aliphatic carbocycles. The molecule has 1 aliphatic rings. The standard InChI is InChI=1S/C20H32N4O2/c1-14(2)22-20(26)23-18-9-7-17(8-10-18)19(25)21-12-16(4)24-11-5-6-15(3)13-24/h7-10,14-16H,5-6,11-13H2,1-4H3,(H,21,25)(H2,22,23,26). The van der Waals surface area contributed by atoms with Crippen LogP contribution in [0, 0.1) is 5.92 Å². The van der Waals surface area contributed by atoms with Gasteiger partial charge in [0.25, 0.3) is 5.91 Å². The zero-order valence-electron chi connectivity index (χ0n) is 16.3. The predicted molar refractivity (Wildman–Crippen MR) is 105 cm³/mol. The van der Waals surface area contributed by atoms with E-state index in [1.165, 1.54) is 12.8 Å². The fourth-order valence-electron chi connectivity index (χ4n) is 3.23. The monoisotopic (exact) mass is 360 g/mol. The number of nitrogens with one attached hydrogen (secondary N) is 3. The van der Waals surface area contributed by atoms with Gasteiger partial charge in [-0.3, -0.25) is 9.69 Å². The summed E-state index contributed by atoms with van der Waals surface area (Å²) in [6.07, 6.45) is 2.53. The van der Waals surface area contributed by atoms with Gasteiger partial charge in [0.1, 0.15) is 0 Å². The van der Waals surface area contributed by atoms with Gasteiger partial charge in [0.15, 0.2) is 0 Å². The van der Waals surface area contributed by atoms with E-state index >= 15 is 0 Å².